The van der Waals surface area contributed by atoms with Crippen molar-refractivity contribution in [1.29, 1.82) is 5.26 Å². The maximum Gasteiger partial charge on any atom is 0.240 e. The molecule has 1 aromatic carbocycles. The molecule has 19 heavy (non-hydrogen) atoms. The zero-order chi connectivity index (χ0) is 13.9. The van der Waals surface area contributed by atoms with Gasteiger partial charge in [0.25, 0.3) is 0 Å². The zero-order valence-corrected chi connectivity index (χ0v) is 10.9. The maximum absolute atomic E-state index is 11.9. The second-order valence-electron chi connectivity index (χ2n) is 4.30. The van der Waals surface area contributed by atoms with Crippen LogP contribution in [-0.2, 0) is 14.8 Å². The second kappa shape index (κ2) is 5.38. The van der Waals surface area contributed by atoms with Crippen molar-refractivity contribution < 1.29 is 13.2 Å². The minimum Gasteiger partial charge on any atom is -0.325 e. The molecule has 0 spiro atoms. The van der Waals surface area contributed by atoms with Gasteiger partial charge in [-0.15, -0.1) is 0 Å². The van der Waals surface area contributed by atoms with E-state index in [2.05, 4.69) is 10.0 Å². The average Bonchev–Trinajstić information content (AvgIpc) is 3.13. The summed E-state index contributed by atoms with van der Waals surface area (Å²) in [5.74, 6) is -0.422. The van der Waals surface area contributed by atoms with E-state index in [9.17, 15) is 13.2 Å². The number of carbonyl (C=O) groups is 1. The van der Waals surface area contributed by atoms with Crippen molar-refractivity contribution in [2.24, 2.45) is 0 Å². The van der Waals surface area contributed by atoms with Gasteiger partial charge in [0.1, 0.15) is 6.42 Å². The molecule has 0 unspecified atom stereocenters. The van der Waals surface area contributed by atoms with Gasteiger partial charge in [0.05, 0.1) is 11.0 Å². The number of carbonyl (C=O) groups excluding carboxylic acids is 1. The summed E-state index contributed by atoms with van der Waals surface area (Å²) in [6.45, 7) is 0. The number of rotatable bonds is 5. The van der Waals surface area contributed by atoms with Crippen LogP contribution in [0.2, 0.25) is 0 Å². The molecule has 1 amide bonds. The van der Waals surface area contributed by atoms with Gasteiger partial charge in [-0.25, -0.2) is 13.1 Å². The Hall–Kier alpha value is -1.91. The highest BCUT2D eigenvalue weighted by atomic mass is 32.2. The van der Waals surface area contributed by atoms with E-state index in [1.165, 1.54) is 24.3 Å². The average molecular weight is 279 g/mol. The lowest BCUT2D eigenvalue weighted by molar-refractivity contribution is -0.115. The molecule has 100 valence electrons. The highest BCUT2D eigenvalue weighted by Crippen LogP contribution is 2.22. The molecule has 1 saturated carbocycles. The van der Waals surface area contributed by atoms with Crippen LogP contribution in [0.4, 0.5) is 5.69 Å². The van der Waals surface area contributed by atoms with Gasteiger partial charge in [0, 0.05) is 11.7 Å². The Balaban J connectivity index is 2.05. The van der Waals surface area contributed by atoms with Crippen molar-refractivity contribution in [2.75, 3.05) is 5.32 Å². The summed E-state index contributed by atoms with van der Waals surface area (Å²) in [6, 6.07) is 7.63. The first kappa shape index (κ1) is 13.5. The van der Waals surface area contributed by atoms with E-state index < -0.39 is 15.9 Å². The van der Waals surface area contributed by atoms with Gasteiger partial charge in [-0.2, -0.15) is 5.26 Å². The van der Waals surface area contributed by atoms with E-state index in [-0.39, 0.29) is 17.4 Å². The van der Waals surface area contributed by atoms with Crippen LogP contribution in [0.1, 0.15) is 19.3 Å². The fraction of sp³-hybridized carbons (Fsp3) is 0.333. The van der Waals surface area contributed by atoms with Crippen molar-refractivity contribution in [1.82, 2.24) is 4.72 Å². The first-order chi connectivity index (χ1) is 9.01. The minimum absolute atomic E-state index is 0.0556. The molecule has 0 saturated heterocycles. The Morgan fingerprint density at radius 3 is 2.47 bits per heavy atom. The van der Waals surface area contributed by atoms with Crippen molar-refractivity contribution >= 4 is 21.6 Å². The molecule has 0 heterocycles. The Morgan fingerprint density at radius 1 is 1.32 bits per heavy atom. The maximum atomic E-state index is 11.9. The standard InChI is InChI=1S/C12H13N3O3S/c13-8-7-12(16)14-9-3-5-11(6-4-9)19(17,18)15-10-1-2-10/h3-6,10,15H,1-2,7H2,(H,14,16). The summed E-state index contributed by atoms with van der Waals surface area (Å²) in [6.07, 6.45) is 1.52. The van der Waals surface area contributed by atoms with E-state index >= 15 is 0 Å². The number of nitrogens with one attached hydrogen (secondary N) is 2. The molecule has 2 rings (SSSR count). The lowest BCUT2D eigenvalue weighted by Crippen LogP contribution is -2.25. The molecule has 7 heteroatoms. The fourth-order valence-electron chi connectivity index (χ4n) is 1.48. The van der Waals surface area contributed by atoms with Crippen LogP contribution in [-0.4, -0.2) is 20.4 Å². The number of benzene rings is 1. The second-order valence-corrected chi connectivity index (χ2v) is 6.02. The number of sulfonamides is 1. The molecule has 0 radical (unpaired) electrons. The topological polar surface area (TPSA) is 99.1 Å². The van der Waals surface area contributed by atoms with Crippen molar-refractivity contribution in [2.45, 2.75) is 30.2 Å². The normalized spacial score (nSPS) is 14.7. The first-order valence-electron chi connectivity index (χ1n) is 5.80. The molecule has 1 aliphatic rings. The molecular weight excluding hydrogens is 266 g/mol. The Kier molecular flexibility index (Phi) is 3.83. The Morgan fingerprint density at radius 2 is 1.95 bits per heavy atom. The lowest BCUT2D eigenvalue weighted by atomic mass is 10.3. The van der Waals surface area contributed by atoms with E-state index in [1.807, 2.05) is 0 Å². The van der Waals surface area contributed by atoms with Gasteiger partial charge < -0.3 is 5.32 Å². The monoisotopic (exact) mass is 279 g/mol. The molecule has 0 bridgehead atoms. The van der Waals surface area contributed by atoms with Crippen LogP contribution in [0, 0.1) is 11.3 Å². The van der Waals surface area contributed by atoms with Crippen molar-refractivity contribution in [3.63, 3.8) is 0 Å². The zero-order valence-electron chi connectivity index (χ0n) is 10.1. The summed E-state index contributed by atoms with van der Waals surface area (Å²) < 4.78 is 26.3. The fourth-order valence-corrected chi connectivity index (χ4v) is 2.79. The third-order valence-corrected chi connectivity index (χ3v) is 4.12. The molecule has 0 atom stereocenters. The molecule has 6 nitrogen and oxygen atoms in total. The van der Waals surface area contributed by atoms with Crippen LogP contribution in [0.5, 0.6) is 0 Å². The predicted molar refractivity (Wildman–Crippen MR) is 68.6 cm³/mol. The minimum atomic E-state index is -3.47. The molecule has 1 fully saturated rings. The van der Waals surface area contributed by atoms with E-state index in [0.717, 1.165) is 12.8 Å². The van der Waals surface area contributed by atoms with E-state index in [1.54, 1.807) is 6.07 Å². The Bertz CT molecular complexity index is 613. The number of nitriles is 1. The molecular formula is C12H13N3O3S. The van der Waals surface area contributed by atoms with Gasteiger partial charge in [-0.05, 0) is 37.1 Å². The van der Waals surface area contributed by atoms with Crippen LogP contribution in [0.15, 0.2) is 29.2 Å². The Labute approximate surface area is 111 Å². The summed E-state index contributed by atoms with van der Waals surface area (Å²) in [7, 11) is -3.47. The first-order valence-corrected chi connectivity index (χ1v) is 7.29. The van der Waals surface area contributed by atoms with Gasteiger partial charge in [0.2, 0.25) is 15.9 Å². The van der Waals surface area contributed by atoms with Gasteiger partial charge in [-0.3, -0.25) is 4.79 Å². The van der Waals surface area contributed by atoms with Crippen molar-refractivity contribution in [3.8, 4) is 6.07 Å². The molecule has 1 aromatic rings. The summed E-state index contributed by atoms with van der Waals surface area (Å²) in [5.41, 5.74) is 0.464. The van der Waals surface area contributed by atoms with E-state index in [4.69, 9.17) is 5.26 Å². The third kappa shape index (κ3) is 3.77. The third-order valence-electron chi connectivity index (χ3n) is 2.59. The molecule has 2 N–H and O–H groups in total. The van der Waals surface area contributed by atoms with Crippen LogP contribution in [0.3, 0.4) is 0 Å². The SMILES string of the molecule is N#CCC(=O)Nc1ccc(S(=O)(=O)NC2CC2)cc1. The number of anilines is 1. The van der Waals surface area contributed by atoms with Crippen molar-refractivity contribution in [3.05, 3.63) is 24.3 Å². The number of nitrogens with zero attached hydrogens (tertiary/aromatic N) is 1. The number of hydrogen-bond donors (Lipinski definition) is 2. The quantitative estimate of drug-likeness (QED) is 0.839. The smallest absolute Gasteiger partial charge is 0.240 e. The predicted octanol–water partition coefficient (Wildman–Crippen LogP) is 0.979. The summed E-state index contributed by atoms with van der Waals surface area (Å²) in [4.78, 5) is 11.3. The molecule has 0 aliphatic heterocycles. The summed E-state index contributed by atoms with van der Waals surface area (Å²) >= 11 is 0. The number of amides is 1. The van der Waals surface area contributed by atoms with Gasteiger partial charge >= 0.3 is 0 Å². The summed E-state index contributed by atoms with van der Waals surface area (Å²) in [5, 5.41) is 10.9. The molecule has 0 aromatic heterocycles. The van der Waals surface area contributed by atoms with Gasteiger partial charge in [0.15, 0.2) is 0 Å². The molecule has 1 aliphatic carbocycles. The largest absolute Gasteiger partial charge is 0.325 e. The van der Waals surface area contributed by atoms with Gasteiger partial charge in [-0.1, -0.05) is 0 Å². The lowest BCUT2D eigenvalue weighted by Gasteiger charge is -2.07. The highest BCUT2D eigenvalue weighted by Gasteiger charge is 2.27. The van der Waals surface area contributed by atoms with Crippen LogP contribution >= 0.6 is 0 Å². The van der Waals surface area contributed by atoms with Crippen LogP contribution < -0.4 is 10.0 Å². The highest BCUT2D eigenvalue weighted by molar-refractivity contribution is 7.89. The number of hydrogen-bond acceptors (Lipinski definition) is 4. The van der Waals surface area contributed by atoms with Crippen LogP contribution in [0.25, 0.3) is 0 Å². The van der Waals surface area contributed by atoms with E-state index in [0.29, 0.717) is 5.69 Å².